The van der Waals surface area contributed by atoms with Gasteiger partial charge in [-0.05, 0) is 44.8 Å². The van der Waals surface area contributed by atoms with Crippen LogP contribution >= 0.6 is 0 Å². The first-order valence-corrected chi connectivity index (χ1v) is 10.8. The predicted molar refractivity (Wildman–Crippen MR) is 132 cm³/mol. The fraction of sp³-hybridized carbons (Fsp3) is 0.143. The van der Waals surface area contributed by atoms with Gasteiger partial charge in [-0.15, -0.1) is 0 Å². The minimum atomic E-state index is -0.730. The largest absolute Gasteiger partial charge is 0.465 e. The smallest absolute Gasteiger partial charge is 0.339 e. The van der Waals surface area contributed by atoms with Crippen LogP contribution in [0.4, 0.5) is 0 Å². The number of ether oxygens (including phenoxy) is 4. The van der Waals surface area contributed by atoms with Gasteiger partial charge in [0.05, 0.1) is 50.7 Å². The van der Waals surface area contributed by atoms with Crippen molar-refractivity contribution in [3.8, 4) is 11.1 Å². The summed E-state index contributed by atoms with van der Waals surface area (Å²) in [6.07, 6.45) is 0. The van der Waals surface area contributed by atoms with Crippen molar-refractivity contribution in [3.63, 3.8) is 0 Å². The summed E-state index contributed by atoms with van der Waals surface area (Å²) >= 11 is 0. The molecule has 0 atom stereocenters. The van der Waals surface area contributed by atoms with Gasteiger partial charge in [0, 0.05) is 0 Å². The van der Waals surface area contributed by atoms with Crippen molar-refractivity contribution in [2.45, 2.75) is 0 Å². The van der Waals surface area contributed by atoms with Gasteiger partial charge in [0.1, 0.15) is 0 Å². The first kappa shape index (κ1) is 24.4. The van der Waals surface area contributed by atoms with E-state index < -0.39 is 23.9 Å². The molecule has 0 radical (unpaired) electrons. The lowest BCUT2D eigenvalue weighted by Crippen LogP contribution is -2.14. The molecule has 0 heterocycles. The minimum Gasteiger partial charge on any atom is -0.465 e. The van der Waals surface area contributed by atoms with Gasteiger partial charge in [-0.1, -0.05) is 48.5 Å². The molecule has 0 aliphatic rings. The number of esters is 4. The van der Waals surface area contributed by atoms with Crippen LogP contribution in [0.3, 0.4) is 0 Å². The van der Waals surface area contributed by atoms with Gasteiger partial charge in [0.15, 0.2) is 0 Å². The Kier molecular flexibility index (Phi) is 6.69. The zero-order valence-electron chi connectivity index (χ0n) is 20.0. The second kappa shape index (κ2) is 9.87. The van der Waals surface area contributed by atoms with E-state index in [1.54, 1.807) is 48.5 Å². The molecule has 36 heavy (non-hydrogen) atoms. The zero-order valence-corrected chi connectivity index (χ0v) is 20.0. The van der Waals surface area contributed by atoms with E-state index in [9.17, 15) is 19.2 Å². The highest BCUT2D eigenvalue weighted by Gasteiger charge is 2.28. The van der Waals surface area contributed by atoms with Crippen LogP contribution in [0.25, 0.3) is 32.7 Å². The lowest BCUT2D eigenvalue weighted by atomic mass is 9.86. The molecule has 0 amide bonds. The van der Waals surface area contributed by atoms with Crippen molar-refractivity contribution in [1.82, 2.24) is 0 Å². The van der Waals surface area contributed by atoms with E-state index in [0.717, 1.165) is 0 Å². The van der Waals surface area contributed by atoms with Gasteiger partial charge in [0.25, 0.3) is 0 Å². The molecule has 0 saturated carbocycles. The third-order valence-electron chi connectivity index (χ3n) is 5.97. The molecule has 0 unspecified atom stereocenters. The number of hydrogen-bond donors (Lipinski definition) is 0. The first-order valence-electron chi connectivity index (χ1n) is 10.8. The number of methoxy groups -OCH3 is 4. The van der Waals surface area contributed by atoms with E-state index in [2.05, 4.69) is 0 Å². The van der Waals surface area contributed by atoms with Crippen molar-refractivity contribution in [3.05, 3.63) is 82.9 Å². The summed E-state index contributed by atoms with van der Waals surface area (Å²) in [4.78, 5) is 51.0. The molecular formula is C28H22O8. The van der Waals surface area contributed by atoms with Crippen LogP contribution in [-0.4, -0.2) is 52.3 Å². The third-order valence-corrected chi connectivity index (χ3v) is 5.97. The Balaban J connectivity index is 2.22. The molecule has 0 N–H and O–H groups in total. The highest BCUT2D eigenvalue weighted by Crippen LogP contribution is 2.40. The van der Waals surface area contributed by atoms with E-state index >= 15 is 0 Å². The van der Waals surface area contributed by atoms with Crippen molar-refractivity contribution in [1.29, 1.82) is 0 Å². The van der Waals surface area contributed by atoms with Crippen LogP contribution in [0.5, 0.6) is 0 Å². The van der Waals surface area contributed by atoms with E-state index in [0.29, 0.717) is 32.7 Å². The number of rotatable bonds is 5. The summed E-state index contributed by atoms with van der Waals surface area (Å²) < 4.78 is 19.8. The van der Waals surface area contributed by atoms with Gasteiger partial charge in [-0.2, -0.15) is 0 Å². The number of carbonyl (C=O) groups is 4. The fourth-order valence-electron chi connectivity index (χ4n) is 4.38. The van der Waals surface area contributed by atoms with Gasteiger partial charge >= 0.3 is 23.9 Å². The molecule has 4 aromatic carbocycles. The highest BCUT2D eigenvalue weighted by molar-refractivity contribution is 6.21. The van der Waals surface area contributed by atoms with E-state index in [1.165, 1.54) is 40.6 Å². The monoisotopic (exact) mass is 486 g/mol. The summed E-state index contributed by atoms with van der Waals surface area (Å²) in [6, 6.07) is 17.1. The van der Waals surface area contributed by atoms with E-state index in [1.807, 2.05) is 0 Å². The average Bonchev–Trinajstić information content (AvgIpc) is 2.93. The quantitative estimate of drug-likeness (QED) is 0.292. The van der Waals surface area contributed by atoms with Crippen LogP contribution in [0, 0.1) is 0 Å². The molecule has 0 aliphatic carbocycles. The lowest BCUT2D eigenvalue weighted by Gasteiger charge is -2.18. The molecule has 8 heteroatoms. The summed E-state index contributed by atoms with van der Waals surface area (Å²) in [6.45, 7) is 0. The Hall–Kier alpha value is -4.72. The Labute approximate surface area is 206 Å². The molecule has 0 aliphatic heterocycles. The minimum absolute atomic E-state index is 0.00112. The highest BCUT2D eigenvalue weighted by atomic mass is 16.5. The number of benzene rings is 4. The van der Waals surface area contributed by atoms with Gasteiger partial charge in [-0.3, -0.25) is 0 Å². The first-order chi connectivity index (χ1) is 17.4. The van der Waals surface area contributed by atoms with Crippen LogP contribution in [-0.2, 0) is 18.9 Å². The lowest BCUT2D eigenvalue weighted by molar-refractivity contribution is 0.0557. The maximum atomic E-state index is 12.8. The summed E-state index contributed by atoms with van der Waals surface area (Å²) in [5.41, 5.74) is 1.20. The molecular weight excluding hydrogens is 464 g/mol. The van der Waals surface area contributed by atoms with E-state index in [-0.39, 0.29) is 22.3 Å². The van der Waals surface area contributed by atoms with E-state index in [4.69, 9.17) is 18.9 Å². The Morgan fingerprint density at radius 3 is 1.08 bits per heavy atom. The summed E-state index contributed by atoms with van der Waals surface area (Å²) in [5.74, 6) is -2.85. The van der Waals surface area contributed by atoms with Crippen LogP contribution < -0.4 is 0 Å². The van der Waals surface area contributed by atoms with Crippen LogP contribution in [0.1, 0.15) is 41.4 Å². The fourth-order valence-corrected chi connectivity index (χ4v) is 4.38. The molecule has 182 valence electrons. The van der Waals surface area contributed by atoms with Crippen LogP contribution in [0.2, 0.25) is 0 Å². The van der Waals surface area contributed by atoms with Crippen molar-refractivity contribution in [2.24, 2.45) is 0 Å². The van der Waals surface area contributed by atoms with Gasteiger partial charge in [-0.25, -0.2) is 19.2 Å². The molecule has 0 bridgehead atoms. The number of carbonyl (C=O) groups excluding carboxylic acids is 4. The predicted octanol–water partition coefficient (Wildman–Crippen LogP) is 4.81. The Morgan fingerprint density at radius 2 is 0.778 bits per heavy atom. The Morgan fingerprint density at radius 1 is 0.472 bits per heavy atom. The zero-order chi connectivity index (χ0) is 26.0. The standard InChI is InChI=1S/C28H22O8/c1-33-25(29)21-13-19(15-9-5-7-11-17(15)23(21)27(31)35-3)20-14-22(26(30)34-2)24(28(32)36-4)18-12-8-6-10-16(18)20/h5-14H,1-4H3. The number of fused-ring (bicyclic) bond motifs is 2. The van der Waals surface area contributed by atoms with Crippen molar-refractivity contribution >= 4 is 45.4 Å². The molecule has 0 aromatic heterocycles. The van der Waals surface area contributed by atoms with Crippen molar-refractivity contribution in [2.75, 3.05) is 28.4 Å². The second-order valence-corrected chi connectivity index (χ2v) is 7.75. The summed E-state index contributed by atoms with van der Waals surface area (Å²) in [7, 11) is 4.89. The molecule has 0 fully saturated rings. The second-order valence-electron chi connectivity index (χ2n) is 7.75. The SMILES string of the molecule is COC(=O)c1cc(-c2cc(C(=O)OC)c(C(=O)OC)c3ccccc23)c2ccccc2c1C(=O)OC. The van der Waals surface area contributed by atoms with Crippen LogP contribution in [0.15, 0.2) is 60.7 Å². The molecule has 4 rings (SSSR count). The Bertz CT molecular complexity index is 1430. The molecule has 4 aromatic rings. The van der Waals surface area contributed by atoms with Gasteiger partial charge < -0.3 is 18.9 Å². The summed E-state index contributed by atoms with van der Waals surface area (Å²) in [5, 5.41) is 2.17. The third kappa shape index (κ3) is 3.92. The molecule has 0 saturated heterocycles. The molecule has 8 nitrogen and oxygen atoms in total. The molecule has 0 spiro atoms. The average molecular weight is 486 g/mol. The maximum Gasteiger partial charge on any atom is 0.339 e. The number of hydrogen-bond acceptors (Lipinski definition) is 8. The maximum absolute atomic E-state index is 12.8. The normalized spacial score (nSPS) is 10.7. The topological polar surface area (TPSA) is 105 Å². The van der Waals surface area contributed by atoms with Crippen molar-refractivity contribution < 1.29 is 38.1 Å². The van der Waals surface area contributed by atoms with Gasteiger partial charge in [0.2, 0.25) is 0 Å².